The third-order valence-corrected chi connectivity index (χ3v) is 3.16. The van der Waals surface area contributed by atoms with E-state index in [1.54, 1.807) is 24.4 Å². The first-order valence-corrected chi connectivity index (χ1v) is 6.34. The summed E-state index contributed by atoms with van der Waals surface area (Å²) >= 11 is 4.02. The van der Waals surface area contributed by atoms with Gasteiger partial charge in [-0.15, -0.1) is 0 Å². The molecule has 96 valence electrons. The maximum Gasteiger partial charge on any atom is 0.248 e. The largest absolute Gasteiger partial charge is 0.390 e. The molecule has 5 heteroatoms. The maximum atomic E-state index is 11.2. The van der Waals surface area contributed by atoms with Gasteiger partial charge < -0.3 is 15.2 Å². The number of hydrogen-bond acceptors (Lipinski definition) is 4. The van der Waals surface area contributed by atoms with Gasteiger partial charge in [0.15, 0.2) is 0 Å². The number of aromatic nitrogens is 1. The molecule has 1 heterocycles. The van der Waals surface area contributed by atoms with Gasteiger partial charge in [-0.05, 0) is 34.6 Å². The number of aliphatic hydroxyl groups excluding tert-OH is 2. The lowest BCUT2D eigenvalue weighted by atomic mass is 10.00. The summed E-state index contributed by atoms with van der Waals surface area (Å²) in [6.07, 6.45) is 0.234. The monoisotopic (exact) mass is 265 g/mol. The van der Waals surface area contributed by atoms with Gasteiger partial charge in [-0.25, -0.2) is 0 Å². The van der Waals surface area contributed by atoms with Gasteiger partial charge in [-0.2, -0.15) is 12.6 Å². The van der Waals surface area contributed by atoms with E-state index in [4.69, 9.17) is 0 Å². The van der Waals surface area contributed by atoms with Crippen molar-refractivity contribution < 1.29 is 10.2 Å². The number of nitrogens with one attached hydrogen (secondary N) is 1. The smallest absolute Gasteiger partial charge is 0.248 e. The van der Waals surface area contributed by atoms with Crippen LogP contribution in [0, 0.1) is 0 Å². The van der Waals surface area contributed by atoms with Gasteiger partial charge in [0, 0.05) is 12.3 Å². The van der Waals surface area contributed by atoms with Crippen LogP contribution in [0.3, 0.4) is 0 Å². The Hall–Kier alpha value is -1.30. The number of H-pyrrole nitrogens is 1. The molecule has 18 heavy (non-hydrogen) atoms. The Morgan fingerprint density at radius 3 is 2.72 bits per heavy atom. The van der Waals surface area contributed by atoms with Crippen molar-refractivity contribution in [2.45, 2.75) is 18.6 Å². The molecule has 0 saturated carbocycles. The van der Waals surface area contributed by atoms with Crippen molar-refractivity contribution in [2.75, 3.05) is 5.75 Å². The number of aromatic amines is 1. The predicted octanol–water partition coefficient (Wildman–Crippen LogP) is 1.24. The zero-order valence-corrected chi connectivity index (χ0v) is 10.6. The molecule has 4 nitrogen and oxygen atoms in total. The second-order valence-corrected chi connectivity index (χ2v) is 4.66. The molecule has 0 radical (unpaired) electrons. The topological polar surface area (TPSA) is 73.3 Å². The fourth-order valence-corrected chi connectivity index (χ4v) is 2.14. The van der Waals surface area contributed by atoms with E-state index in [1.807, 2.05) is 0 Å². The Morgan fingerprint density at radius 1 is 1.22 bits per heavy atom. The fourth-order valence-electron chi connectivity index (χ4n) is 1.88. The molecule has 0 bridgehead atoms. The summed E-state index contributed by atoms with van der Waals surface area (Å²) in [6, 6.07) is 6.73. The molecular weight excluding hydrogens is 250 g/mol. The van der Waals surface area contributed by atoms with Crippen LogP contribution in [0.4, 0.5) is 0 Å². The lowest BCUT2D eigenvalue weighted by molar-refractivity contribution is 0.0173. The minimum Gasteiger partial charge on any atom is -0.390 e. The van der Waals surface area contributed by atoms with E-state index >= 15 is 0 Å². The van der Waals surface area contributed by atoms with Crippen molar-refractivity contribution in [1.29, 1.82) is 0 Å². The first-order chi connectivity index (χ1) is 8.61. The van der Waals surface area contributed by atoms with Gasteiger partial charge in [0.1, 0.15) is 6.10 Å². The van der Waals surface area contributed by atoms with E-state index in [0.717, 1.165) is 10.8 Å². The lowest BCUT2D eigenvalue weighted by Gasteiger charge is -2.17. The van der Waals surface area contributed by atoms with E-state index in [-0.39, 0.29) is 5.56 Å². The van der Waals surface area contributed by atoms with Crippen molar-refractivity contribution in [3.8, 4) is 0 Å². The van der Waals surface area contributed by atoms with Gasteiger partial charge in [-0.1, -0.05) is 12.1 Å². The number of rotatable bonds is 4. The summed E-state index contributed by atoms with van der Waals surface area (Å²) in [7, 11) is 0. The van der Waals surface area contributed by atoms with Crippen molar-refractivity contribution in [2.24, 2.45) is 0 Å². The summed E-state index contributed by atoms with van der Waals surface area (Å²) in [5.41, 5.74) is 0.410. The third kappa shape index (κ3) is 2.75. The third-order valence-electron chi connectivity index (χ3n) is 2.90. The van der Waals surface area contributed by atoms with Crippen LogP contribution >= 0.6 is 12.6 Å². The average molecular weight is 265 g/mol. The number of benzene rings is 1. The van der Waals surface area contributed by atoms with Gasteiger partial charge in [0.2, 0.25) is 5.56 Å². The molecule has 2 unspecified atom stereocenters. The van der Waals surface area contributed by atoms with Crippen molar-refractivity contribution in [1.82, 2.24) is 4.98 Å². The fraction of sp³-hybridized carbons (Fsp3) is 0.308. The minimum atomic E-state index is -0.958. The first kappa shape index (κ1) is 13.1. The maximum absolute atomic E-state index is 11.2. The summed E-state index contributed by atoms with van der Waals surface area (Å²) in [5, 5.41) is 21.3. The molecule has 0 aliphatic rings. The number of aliphatic hydroxyl groups is 2. The molecule has 2 rings (SSSR count). The van der Waals surface area contributed by atoms with Gasteiger partial charge in [-0.3, -0.25) is 4.79 Å². The molecule has 1 aromatic heterocycles. The van der Waals surface area contributed by atoms with Crippen LogP contribution in [-0.2, 0) is 0 Å². The first-order valence-electron chi connectivity index (χ1n) is 5.71. The molecule has 0 amide bonds. The number of thiol groups is 1. The lowest BCUT2D eigenvalue weighted by Crippen LogP contribution is -2.18. The molecule has 3 N–H and O–H groups in total. The van der Waals surface area contributed by atoms with E-state index in [1.165, 1.54) is 6.07 Å². The Labute approximate surface area is 110 Å². The van der Waals surface area contributed by atoms with Crippen LogP contribution in [0.25, 0.3) is 10.8 Å². The molecule has 1 aromatic carbocycles. The summed E-state index contributed by atoms with van der Waals surface area (Å²) < 4.78 is 0. The highest BCUT2D eigenvalue weighted by molar-refractivity contribution is 7.80. The van der Waals surface area contributed by atoms with Crippen LogP contribution in [0.15, 0.2) is 35.3 Å². The van der Waals surface area contributed by atoms with E-state index in [9.17, 15) is 15.0 Å². The molecule has 0 fully saturated rings. The van der Waals surface area contributed by atoms with Crippen molar-refractivity contribution in [3.05, 3.63) is 46.4 Å². The molecule has 0 aliphatic carbocycles. The molecule has 2 atom stereocenters. The molecule has 0 spiro atoms. The number of fused-ring (bicyclic) bond motifs is 1. The highest BCUT2D eigenvalue weighted by Gasteiger charge is 2.17. The van der Waals surface area contributed by atoms with E-state index in [2.05, 4.69) is 17.6 Å². The second-order valence-electron chi connectivity index (χ2n) is 4.21. The molecule has 0 saturated heterocycles. The van der Waals surface area contributed by atoms with E-state index in [0.29, 0.717) is 17.7 Å². The SMILES string of the molecule is O=c1cc2cc(C(O)C(O)CCS)ccc2c[nH]1. The zero-order chi connectivity index (χ0) is 13.1. The highest BCUT2D eigenvalue weighted by Crippen LogP contribution is 2.22. The predicted molar refractivity (Wildman–Crippen MR) is 74.0 cm³/mol. The number of pyridine rings is 1. The summed E-state index contributed by atoms with van der Waals surface area (Å²) in [4.78, 5) is 13.8. The quantitative estimate of drug-likeness (QED) is 0.629. The van der Waals surface area contributed by atoms with Gasteiger partial charge in [0.05, 0.1) is 6.10 Å². The highest BCUT2D eigenvalue weighted by atomic mass is 32.1. The summed E-state index contributed by atoms with van der Waals surface area (Å²) in [5.74, 6) is 0.505. The Bertz CT molecular complexity index is 596. The Morgan fingerprint density at radius 2 is 2.00 bits per heavy atom. The average Bonchev–Trinajstić information content (AvgIpc) is 2.37. The van der Waals surface area contributed by atoms with Crippen LogP contribution < -0.4 is 5.56 Å². The molecular formula is C13H15NO3S. The van der Waals surface area contributed by atoms with Gasteiger partial charge in [0.25, 0.3) is 0 Å². The normalized spacial score (nSPS) is 14.6. The minimum absolute atomic E-state index is 0.190. The van der Waals surface area contributed by atoms with Crippen molar-refractivity contribution >= 4 is 23.4 Å². The van der Waals surface area contributed by atoms with Gasteiger partial charge >= 0.3 is 0 Å². The van der Waals surface area contributed by atoms with Crippen LogP contribution in [-0.4, -0.2) is 27.1 Å². The Balaban J connectivity index is 2.37. The summed E-state index contributed by atoms with van der Waals surface area (Å²) in [6.45, 7) is 0. The standard InChI is InChI=1S/C13H15NO3S/c15-11(3-4-18)13(17)8-1-2-9-7-14-12(16)6-10(9)5-8/h1-2,5-7,11,13,15,17-18H,3-4H2,(H,14,16). The molecule has 0 aliphatic heterocycles. The van der Waals surface area contributed by atoms with E-state index < -0.39 is 12.2 Å². The van der Waals surface area contributed by atoms with Crippen molar-refractivity contribution in [3.63, 3.8) is 0 Å². The van der Waals surface area contributed by atoms with Crippen LogP contribution in [0.1, 0.15) is 18.1 Å². The second kappa shape index (κ2) is 5.56. The van der Waals surface area contributed by atoms with Crippen LogP contribution in [0.2, 0.25) is 0 Å². The number of hydrogen-bond donors (Lipinski definition) is 4. The Kier molecular flexibility index (Phi) is 4.06. The zero-order valence-electron chi connectivity index (χ0n) is 9.71. The molecule has 2 aromatic rings. The van der Waals surface area contributed by atoms with Crippen LogP contribution in [0.5, 0.6) is 0 Å².